The van der Waals surface area contributed by atoms with Gasteiger partial charge in [-0.15, -0.1) is 0 Å². The van der Waals surface area contributed by atoms with Crippen LogP contribution in [0.1, 0.15) is 37.5 Å². The number of hydrogen-bond donors (Lipinski definition) is 3. The lowest BCUT2D eigenvalue weighted by atomic mass is 9.87. The SMILES string of the molecule is CC(C)(C)c1ccc(CNC(=O)NSCc2cc(F)c(NS(C)(=O)=O)cc2F)cc1. The fourth-order valence-corrected chi connectivity index (χ4v) is 3.71. The van der Waals surface area contributed by atoms with E-state index >= 15 is 0 Å². The molecule has 0 atom stereocenters. The lowest BCUT2D eigenvalue weighted by molar-refractivity contribution is 0.246. The monoisotopic (exact) mass is 457 g/mol. The highest BCUT2D eigenvalue weighted by Gasteiger charge is 2.14. The second-order valence-corrected chi connectivity index (χ2v) is 10.3. The van der Waals surface area contributed by atoms with Crippen LogP contribution in [-0.4, -0.2) is 20.7 Å². The molecule has 2 amide bonds. The summed E-state index contributed by atoms with van der Waals surface area (Å²) in [4.78, 5) is 11.9. The molecule has 0 fully saturated rings. The number of urea groups is 1. The van der Waals surface area contributed by atoms with Gasteiger partial charge in [0.05, 0.1) is 11.9 Å². The minimum atomic E-state index is -3.72. The zero-order valence-corrected chi connectivity index (χ0v) is 18.8. The molecular weight excluding hydrogens is 432 g/mol. The van der Waals surface area contributed by atoms with Gasteiger partial charge in [-0.1, -0.05) is 45.0 Å². The van der Waals surface area contributed by atoms with Crippen molar-refractivity contribution in [2.75, 3.05) is 11.0 Å². The van der Waals surface area contributed by atoms with E-state index in [1.54, 1.807) is 0 Å². The summed E-state index contributed by atoms with van der Waals surface area (Å²) in [7, 11) is -3.72. The summed E-state index contributed by atoms with van der Waals surface area (Å²) in [6.07, 6.45) is 0.843. The van der Waals surface area contributed by atoms with Gasteiger partial charge in [0.1, 0.15) is 11.6 Å². The Kier molecular flexibility index (Phi) is 7.70. The Balaban J connectivity index is 1.84. The van der Waals surface area contributed by atoms with Gasteiger partial charge in [0.15, 0.2) is 0 Å². The van der Waals surface area contributed by atoms with Gasteiger partial charge >= 0.3 is 6.03 Å². The van der Waals surface area contributed by atoms with E-state index in [4.69, 9.17) is 0 Å². The van der Waals surface area contributed by atoms with Gasteiger partial charge in [0, 0.05) is 23.9 Å². The van der Waals surface area contributed by atoms with Crippen LogP contribution in [0.4, 0.5) is 19.3 Å². The number of amides is 2. The topological polar surface area (TPSA) is 87.3 Å². The van der Waals surface area contributed by atoms with Gasteiger partial charge in [-0.3, -0.25) is 9.44 Å². The van der Waals surface area contributed by atoms with Crippen molar-refractivity contribution in [2.45, 2.75) is 38.5 Å². The van der Waals surface area contributed by atoms with Gasteiger partial charge in [-0.25, -0.2) is 22.0 Å². The molecule has 0 spiro atoms. The summed E-state index contributed by atoms with van der Waals surface area (Å²) >= 11 is 0.890. The highest BCUT2D eigenvalue weighted by Crippen LogP contribution is 2.23. The van der Waals surface area contributed by atoms with E-state index in [1.807, 2.05) is 29.0 Å². The van der Waals surface area contributed by atoms with Crippen molar-refractivity contribution in [1.29, 1.82) is 0 Å². The molecule has 0 bridgehead atoms. The molecule has 0 radical (unpaired) electrons. The van der Waals surface area contributed by atoms with Crippen LogP contribution < -0.4 is 14.8 Å². The van der Waals surface area contributed by atoms with Gasteiger partial charge in [-0.05, 0) is 34.6 Å². The minimum absolute atomic E-state index is 0.00498. The molecule has 164 valence electrons. The Morgan fingerprint density at radius 1 is 1.07 bits per heavy atom. The molecule has 2 aromatic carbocycles. The molecule has 6 nitrogen and oxygen atoms in total. The van der Waals surface area contributed by atoms with Gasteiger partial charge in [-0.2, -0.15) is 0 Å². The fourth-order valence-electron chi connectivity index (χ4n) is 2.50. The molecule has 10 heteroatoms. The average Bonchev–Trinajstić information content (AvgIpc) is 2.62. The first-order valence-electron chi connectivity index (χ1n) is 9.06. The number of benzene rings is 2. The molecule has 0 aliphatic heterocycles. The lowest BCUT2D eigenvalue weighted by Crippen LogP contribution is -2.30. The van der Waals surface area contributed by atoms with Gasteiger partial charge < -0.3 is 5.32 Å². The number of hydrogen-bond acceptors (Lipinski definition) is 4. The maximum Gasteiger partial charge on any atom is 0.325 e. The molecule has 0 saturated heterocycles. The van der Waals surface area contributed by atoms with Crippen molar-refractivity contribution in [3.8, 4) is 0 Å². The minimum Gasteiger partial charge on any atom is -0.333 e. The van der Waals surface area contributed by atoms with E-state index in [-0.39, 0.29) is 16.7 Å². The van der Waals surface area contributed by atoms with Crippen LogP contribution in [0.2, 0.25) is 0 Å². The van der Waals surface area contributed by atoms with Crippen molar-refractivity contribution in [3.05, 3.63) is 64.7 Å². The summed E-state index contributed by atoms with van der Waals surface area (Å²) in [5, 5.41) is 2.69. The Hall–Kier alpha value is -2.33. The number of nitrogens with one attached hydrogen (secondary N) is 3. The van der Waals surface area contributed by atoms with E-state index < -0.39 is 33.4 Å². The van der Waals surface area contributed by atoms with Crippen molar-refractivity contribution in [3.63, 3.8) is 0 Å². The summed E-state index contributed by atoms with van der Waals surface area (Å²) in [6, 6.07) is 9.12. The lowest BCUT2D eigenvalue weighted by Gasteiger charge is -2.19. The predicted molar refractivity (Wildman–Crippen MR) is 117 cm³/mol. The first-order chi connectivity index (χ1) is 13.8. The van der Waals surface area contributed by atoms with Crippen molar-refractivity contribution >= 4 is 33.7 Å². The summed E-state index contributed by atoms with van der Waals surface area (Å²) in [5.74, 6) is -1.72. The highest BCUT2D eigenvalue weighted by atomic mass is 32.2. The van der Waals surface area contributed by atoms with Gasteiger partial charge in [0.25, 0.3) is 0 Å². The number of carbonyl (C=O) groups excluding carboxylic acids is 1. The van der Waals surface area contributed by atoms with Crippen molar-refractivity contribution in [1.82, 2.24) is 10.0 Å². The quantitative estimate of drug-likeness (QED) is 0.542. The third kappa shape index (κ3) is 7.49. The number of anilines is 1. The Bertz CT molecular complexity index is 1010. The normalized spacial score (nSPS) is 11.8. The van der Waals surface area contributed by atoms with E-state index in [0.29, 0.717) is 6.54 Å². The number of carbonyl (C=O) groups is 1. The predicted octanol–water partition coefficient (Wildman–Crippen LogP) is 4.28. The molecular formula is C20H25F2N3O3S2. The van der Waals surface area contributed by atoms with Crippen LogP contribution >= 0.6 is 11.9 Å². The Morgan fingerprint density at radius 2 is 1.70 bits per heavy atom. The van der Waals surface area contributed by atoms with Crippen LogP contribution in [0, 0.1) is 11.6 Å². The van der Waals surface area contributed by atoms with E-state index in [9.17, 15) is 22.0 Å². The van der Waals surface area contributed by atoms with E-state index in [0.717, 1.165) is 35.9 Å². The van der Waals surface area contributed by atoms with Crippen LogP contribution in [0.15, 0.2) is 36.4 Å². The molecule has 0 aromatic heterocycles. The Labute approximate surface area is 180 Å². The second kappa shape index (κ2) is 9.65. The molecule has 30 heavy (non-hydrogen) atoms. The van der Waals surface area contributed by atoms with Crippen LogP contribution in [0.3, 0.4) is 0 Å². The first-order valence-corrected chi connectivity index (χ1v) is 11.9. The van der Waals surface area contributed by atoms with Crippen molar-refractivity contribution < 1.29 is 22.0 Å². The standard InChI is InChI=1S/C20H25F2N3O3S2/c1-20(2,3)15-7-5-13(6-8-15)11-23-19(26)24-29-12-14-9-17(22)18(10-16(14)21)25-30(4,27)28/h5-10,25H,11-12H2,1-4H3,(H2,23,24,26). The number of halogens is 2. The third-order valence-corrected chi connectivity index (χ3v) is 5.47. The molecule has 2 aromatic rings. The summed E-state index contributed by atoms with van der Waals surface area (Å²) in [5.41, 5.74) is 1.71. The maximum absolute atomic E-state index is 14.1. The number of sulfonamides is 1. The van der Waals surface area contributed by atoms with E-state index in [1.165, 1.54) is 5.56 Å². The molecule has 0 saturated carbocycles. The number of rotatable bonds is 7. The zero-order valence-electron chi connectivity index (χ0n) is 17.2. The molecule has 0 aliphatic rings. The molecule has 0 aliphatic carbocycles. The molecule has 3 N–H and O–H groups in total. The van der Waals surface area contributed by atoms with Crippen molar-refractivity contribution in [2.24, 2.45) is 0 Å². The highest BCUT2D eigenvalue weighted by molar-refractivity contribution is 7.97. The smallest absolute Gasteiger partial charge is 0.325 e. The zero-order chi connectivity index (χ0) is 22.5. The van der Waals surface area contributed by atoms with Crippen LogP contribution in [-0.2, 0) is 27.7 Å². The molecule has 0 heterocycles. The van der Waals surface area contributed by atoms with Crippen LogP contribution in [0.5, 0.6) is 0 Å². The van der Waals surface area contributed by atoms with Crippen LogP contribution in [0.25, 0.3) is 0 Å². The third-order valence-electron chi connectivity index (χ3n) is 4.10. The summed E-state index contributed by atoms with van der Waals surface area (Å²) < 4.78 is 54.8. The largest absolute Gasteiger partial charge is 0.333 e. The van der Waals surface area contributed by atoms with Gasteiger partial charge in [0.2, 0.25) is 10.0 Å². The summed E-state index contributed by atoms with van der Waals surface area (Å²) in [6.45, 7) is 6.69. The fraction of sp³-hybridized carbons (Fsp3) is 0.350. The molecule has 2 rings (SSSR count). The van der Waals surface area contributed by atoms with E-state index in [2.05, 4.69) is 30.8 Å². The first kappa shape index (κ1) is 23.9. The Morgan fingerprint density at radius 3 is 2.27 bits per heavy atom. The average molecular weight is 458 g/mol. The second-order valence-electron chi connectivity index (χ2n) is 7.82. The maximum atomic E-state index is 14.1. The molecule has 0 unspecified atom stereocenters.